The Morgan fingerprint density at radius 1 is 1.67 bits per heavy atom. The average Bonchev–Trinajstić information content (AvgIpc) is 2.17. The van der Waals surface area contributed by atoms with Crippen LogP contribution in [0.15, 0.2) is 31.0 Å². The van der Waals surface area contributed by atoms with Crippen molar-refractivity contribution < 1.29 is 5.11 Å². The minimum absolute atomic E-state index is 0.0381. The SMILES string of the molecule is C=C[C@@H](N)c1ccc(CO)nc1. The van der Waals surface area contributed by atoms with E-state index >= 15 is 0 Å². The van der Waals surface area contributed by atoms with Gasteiger partial charge in [0.15, 0.2) is 0 Å². The Bertz CT molecular complexity index is 256. The Hall–Kier alpha value is -1.19. The maximum absolute atomic E-state index is 8.71. The summed E-state index contributed by atoms with van der Waals surface area (Å²) >= 11 is 0. The van der Waals surface area contributed by atoms with E-state index in [9.17, 15) is 0 Å². The van der Waals surface area contributed by atoms with Crippen LogP contribution in [0.3, 0.4) is 0 Å². The molecular weight excluding hydrogens is 152 g/mol. The van der Waals surface area contributed by atoms with Crippen LogP contribution in [0, 0.1) is 0 Å². The molecule has 0 unspecified atom stereocenters. The summed E-state index contributed by atoms with van der Waals surface area (Å²) in [7, 11) is 0. The van der Waals surface area contributed by atoms with Gasteiger partial charge in [-0.3, -0.25) is 4.98 Å². The summed E-state index contributed by atoms with van der Waals surface area (Å²) < 4.78 is 0. The lowest BCUT2D eigenvalue weighted by molar-refractivity contribution is 0.277. The van der Waals surface area contributed by atoms with Gasteiger partial charge in [-0.2, -0.15) is 0 Å². The molecule has 0 saturated heterocycles. The molecule has 1 aromatic rings. The summed E-state index contributed by atoms with van der Waals surface area (Å²) in [6.45, 7) is 3.54. The minimum Gasteiger partial charge on any atom is -0.390 e. The minimum atomic E-state index is -0.176. The van der Waals surface area contributed by atoms with Crippen LogP contribution in [0.1, 0.15) is 17.3 Å². The van der Waals surface area contributed by atoms with Gasteiger partial charge in [0.1, 0.15) is 0 Å². The third-order valence-corrected chi connectivity index (χ3v) is 1.65. The molecule has 3 nitrogen and oxygen atoms in total. The van der Waals surface area contributed by atoms with Gasteiger partial charge in [-0.15, -0.1) is 6.58 Å². The molecule has 0 bridgehead atoms. The van der Waals surface area contributed by atoms with Crippen molar-refractivity contribution in [1.82, 2.24) is 4.98 Å². The predicted molar refractivity (Wildman–Crippen MR) is 47.3 cm³/mol. The van der Waals surface area contributed by atoms with E-state index in [1.807, 2.05) is 6.07 Å². The van der Waals surface area contributed by atoms with Gasteiger partial charge in [0.05, 0.1) is 12.3 Å². The molecule has 64 valence electrons. The van der Waals surface area contributed by atoms with Crippen LogP contribution in [-0.4, -0.2) is 10.1 Å². The summed E-state index contributed by atoms with van der Waals surface area (Å²) in [6, 6.07) is 3.41. The number of pyridine rings is 1. The maximum Gasteiger partial charge on any atom is 0.0852 e. The maximum atomic E-state index is 8.71. The normalized spacial score (nSPS) is 12.5. The van der Waals surface area contributed by atoms with E-state index in [2.05, 4.69) is 11.6 Å². The van der Waals surface area contributed by atoms with Crippen molar-refractivity contribution in [2.75, 3.05) is 0 Å². The van der Waals surface area contributed by atoms with E-state index in [-0.39, 0.29) is 12.6 Å². The van der Waals surface area contributed by atoms with E-state index in [1.165, 1.54) is 0 Å². The second-order valence-corrected chi connectivity index (χ2v) is 2.50. The van der Waals surface area contributed by atoms with Crippen LogP contribution in [0.2, 0.25) is 0 Å². The Balaban J connectivity index is 2.84. The highest BCUT2D eigenvalue weighted by Gasteiger charge is 2.00. The number of nitrogens with two attached hydrogens (primary N) is 1. The zero-order chi connectivity index (χ0) is 8.97. The molecule has 0 aliphatic rings. The lowest BCUT2D eigenvalue weighted by Gasteiger charge is -2.05. The molecular formula is C9H12N2O. The molecule has 0 spiro atoms. The van der Waals surface area contributed by atoms with Crippen LogP contribution >= 0.6 is 0 Å². The molecule has 0 amide bonds. The van der Waals surface area contributed by atoms with E-state index < -0.39 is 0 Å². The molecule has 0 fully saturated rings. The number of nitrogens with zero attached hydrogens (tertiary/aromatic N) is 1. The molecule has 0 radical (unpaired) electrons. The molecule has 0 aliphatic heterocycles. The number of aliphatic hydroxyl groups excluding tert-OH is 1. The standard InChI is InChI=1S/C9H12N2O/c1-2-9(10)7-3-4-8(6-12)11-5-7/h2-5,9,12H,1,6,10H2/t9-/m1/s1. The molecule has 1 heterocycles. The Morgan fingerprint density at radius 2 is 2.42 bits per heavy atom. The largest absolute Gasteiger partial charge is 0.390 e. The number of hydrogen-bond acceptors (Lipinski definition) is 3. The fourth-order valence-electron chi connectivity index (χ4n) is 0.863. The second-order valence-electron chi connectivity index (χ2n) is 2.50. The number of aliphatic hydroxyl groups is 1. The van der Waals surface area contributed by atoms with Gasteiger partial charge in [-0.25, -0.2) is 0 Å². The number of hydrogen-bond donors (Lipinski definition) is 2. The first-order valence-electron chi connectivity index (χ1n) is 3.71. The Morgan fingerprint density at radius 3 is 2.83 bits per heavy atom. The molecule has 0 saturated carbocycles. The van der Waals surface area contributed by atoms with Crippen molar-refractivity contribution in [1.29, 1.82) is 0 Å². The lowest BCUT2D eigenvalue weighted by atomic mass is 10.1. The summed E-state index contributed by atoms with van der Waals surface area (Å²) in [5, 5.41) is 8.71. The summed E-state index contributed by atoms with van der Waals surface area (Å²) in [5.74, 6) is 0. The third kappa shape index (κ3) is 1.90. The lowest BCUT2D eigenvalue weighted by Crippen LogP contribution is -2.07. The van der Waals surface area contributed by atoms with Crippen molar-refractivity contribution in [2.45, 2.75) is 12.6 Å². The van der Waals surface area contributed by atoms with Crippen molar-refractivity contribution in [3.8, 4) is 0 Å². The fourth-order valence-corrected chi connectivity index (χ4v) is 0.863. The molecule has 12 heavy (non-hydrogen) atoms. The van der Waals surface area contributed by atoms with Gasteiger partial charge in [0, 0.05) is 12.2 Å². The van der Waals surface area contributed by atoms with Gasteiger partial charge in [0.25, 0.3) is 0 Å². The number of aromatic nitrogens is 1. The molecule has 1 rings (SSSR count). The fraction of sp³-hybridized carbons (Fsp3) is 0.222. The van der Waals surface area contributed by atoms with Crippen LogP contribution in [0.25, 0.3) is 0 Å². The summed E-state index contributed by atoms with van der Waals surface area (Å²) in [4.78, 5) is 3.99. The monoisotopic (exact) mass is 164 g/mol. The Kier molecular flexibility index (Phi) is 2.96. The third-order valence-electron chi connectivity index (χ3n) is 1.65. The first kappa shape index (κ1) is 8.90. The molecule has 0 aliphatic carbocycles. The predicted octanol–water partition coefficient (Wildman–Crippen LogP) is 0.760. The number of rotatable bonds is 3. The zero-order valence-electron chi connectivity index (χ0n) is 6.77. The zero-order valence-corrected chi connectivity index (χ0v) is 6.77. The molecule has 0 aromatic carbocycles. The average molecular weight is 164 g/mol. The highest BCUT2D eigenvalue weighted by molar-refractivity contribution is 5.20. The second kappa shape index (κ2) is 3.99. The van der Waals surface area contributed by atoms with E-state index in [0.717, 1.165) is 5.56 Å². The molecule has 3 heteroatoms. The quantitative estimate of drug-likeness (QED) is 0.648. The van der Waals surface area contributed by atoms with E-state index in [4.69, 9.17) is 10.8 Å². The van der Waals surface area contributed by atoms with Crippen molar-refractivity contribution in [2.24, 2.45) is 5.73 Å². The van der Waals surface area contributed by atoms with Crippen LogP contribution in [-0.2, 0) is 6.61 Å². The van der Waals surface area contributed by atoms with Gasteiger partial charge < -0.3 is 10.8 Å². The molecule has 1 aromatic heterocycles. The van der Waals surface area contributed by atoms with Crippen molar-refractivity contribution in [3.63, 3.8) is 0 Å². The molecule has 1 atom stereocenters. The Labute approximate surface area is 71.6 Å². The van der Waals surface area contributed by atoms with Crippen LogP contribution in [0.4, 0.5) is 0 Å². The highest BCUT2D eigenvalue weighted by Crippen LogP contribution is 2.09. The van der Waals surface area contributed by atoms with Gasteiger partial charge >= 0.3 is 0 Å². The van der Waals surface area contributed by atoms with E-state index in [0.29, 0.717) is 5.69 Å². The van der Waals surface area contributed by atoms with Crippen LogP contribution in [0.5, 0.6) is 0 Å². The van der Waals surface area contributed by atoms with Gasteiger partial charge in [0.2, 0.25) is 0 Å². The first-order valence-corrected chi connectivity index (χ1v) is 3.71. The topological polar surface area (TPSA) is 59.1 Å². The highest BCUT2D eigenvalue weighted by atomic mass is 16.3. The summed E-state index contributed by atoms with van der Waals surface area (Å²) in [5.41, 5.74) is 7.22. The first-order chi connectivity index (χ1) is 5.77. The summed E-state index contributed by atoms with van der Waals surface area (Å²) in [6.07, 6.45) is 3.30. The van der Waals surface area contributed by atoms with Crippen molar-refractivity contribution in [3.05, 3.63) is 42.2 Å². The van der Waals surface area contributed by atoms with Crippen LogP contribution < -0.4 is 5.73 Å². The van der Waals surface area contributed by atoms with E-state index in [1.54, 1.807) is 18.3 Å². The van der Waals surface area contributed by atoms with Gasteiger partial charge in [-0.05, 0) is 11.6 Å². The molecule has 3 N–H and O–H groups in total. The van der Waals surface area contributed by atoms with Crippen molar-refractivity contribution >= 4 is 0 Å². The smallest absolute Gasteiger partial charge is 0.0852 e. The van der Waals surface area contributed by atoms with Gasteiger partial charge in [-0.1, -0.05) is 12.1 Å².